The first-order chi connectivity index (χ1) is 32.7. The first-order valence-corrected chi connectivity index (χ1v) is 25.2. The van der Waals surface area contributed by atoms with Crippen molar-refractivity contribution in [3.8, 4) is 35.2 Å². The number of pyridine rings is 2. The summed E-state index contributed by atoms with van der Waals surface area (Å²) < 4.78 is 13.1. The van der Waals surface area contributed by atoms with E-state index in [1.165, 1.54) is 137 Å². The molecule has 0 aliphatic heterocycles. The smallest absolute Gasteiger partial charge is 0.224 e. The Kier molecular flexibility index (Phi) is 25.9. The highest BCUT2D eigenvalue weighted by atomic mass is 16.5. The molecule has 0 fully saturated rings. The molecule has 2 heterocycles. The zero-order valence-electron chi connectivity index (χ0n) is 43.2. The molecule has 12 heteroatoms. The van der Waals surface area contributed by atoms with E-state index in [0.29, 0.717) is 70.2 Å². The maximum absolute atomic E-state index is 12.4. The van der Waals surface area contributed by atoms with Crippen molar-refractivity contribution >= 4 is 46.9 Å². The minimum atomic E-state index is -0.210. The van der Waals surface area contributed by atoms with E-state index in [1.54, 1.807) is 52.5 Å². The Morgan fingerprint density at radius 3 is 0.897 bits per heavy atom. The van der Waals surface area contributed by atoms with E-state index in [0.717, 1.165) is 38.5 Å². The molecule has 4 amide bonds. The molecule has 0 atom stereocenters. The Balaban J connectivity index is 2.10. The molecule has 12 nitrogen and oxygen atoms in total. The summed E-state index contributed by atoms with van der Waals surface area (Å²) in [6.07, 6.45) is 24.1. The van der Waals surface area contributed by atoms with Crippen molar-refractivity contribution < 1.29 is 28.7 Å². The third kappa shape index (κ3) is 20.1. The van der Waals surface area contributed by atoms with Crippen LogP contribution in [0.5, 0.6) is 11.5 Å². The average molecular weight is 933 g/mol. The lowest BCUT2D eigenvalue weighted by atomic mass is 10.1. The fourth-order valence-electron chi connectivity index (χ4n) is 7.30. The van der Waals surface area contributed by atoms with Crippen LogP contribution in [-0.4, -0.2) is 75.0 Å². The van der Waals surface area contributed by atoms with Crippen LogP contribution in [0.2, 0.25) is 0 Å². The molecule has 1 aromatic carbocycles. The third-order valence-corrected chi connectivity index (χ3v) is 12.1. The molecule has 0 radical (unpaired) electrons. The second kappa shape index (κ2) is 31.2. The van der Waals surface area contributed by atoms with Crippen LogP contribution in [0.3, 0.4) is 0 Å². The van der Waals surface area contributed by atoms with E-state index in [-0.39, 0.29) is 23.6 Å². The second-order valence-electron chi connectivity index (χ2n) is 17.9. The quantitative estimate of drug-likeness (QED) is 0.0520. The first-order valence-electron chi connectivity index (χ1n) is 25.2. The molecule has 0 unspecified atom stereocenters. The van der Waals surface area contributed by atoms with Crippen molar-refractivity contribution in [2.75, 3.05) is 61.0 Å². The summed E-state index contributed by atoms with van der Waals surface area (Å²) in [7, 11) is 6.53. The SMILES string of the molecule is CCCCCCCCCCCCOc1cc(C#Cc2cc(N(C)C(C)=O)nc(N(C)C(C)=O)c2)c(OCCCCCCCCCCCC)cc1C#Cc1cc(N(C)C(C)=O)nc(N(C)C(C)=O)c1. The maximum atomic E-state index is 12.4. The van der Waals surface area contributed by atoms with Gasteiger partial charge in [-0.25, -0.2) is 9.97 Å². The zero-order valence-corrected chi connectivity index (χ0v) is 43.2. The van der Waals surface area contributed by atoms with Gasteiger partial charge in [-0.3, -0.25) is 19.2 Å². The number of anilines is 4. The molecular formula is C56H80N6O6. The van der Waals surface area contributed by atoms with Gasteiger partial charge in [0.2, 0.25) is 23.6 Å². The van der Waals surface area contributed by atoms with Gasteiger partial charge in [0, 0.05) is 79.1 Å². The van der Waals surface area contributed by atoms with E-state index < -0.39 is 0 Å². The number of hydrogen-bond donors (Lipinski definition) is 0. The average Bonchev–Trinajstić information content (AvgIpc) is 3.32. The Morgan fingerprint density at radius 2 is 0.647 bits per heavy atom. The van der Waals surface area contributed by atoms with E-state index >= 15 is 0 Å². The van der Waals surface area contributed by atoms with Gasteiger partial charge in [0.1, 0.15) is 34.8 Å². The molecule has 0 aliphatic carbocycles. The number of amides is 4. The van der Waals surface area contributed by atoms with Gasteiger partial charge >= 0.3 is 0 Å². The molecule has 2 aromatic heterocycles. The summed E-state index contributed by atoms with van der Waals surface area (Å²) in [6.45, 7) is 11.3. The van der Waals surface area contributed by atoms with Gasteiger partial charge < -0.3 is 29.1 Å². The Labute approximate surface area is 408 Å². The lowest BCUT2D eigenvalue weighted by molar-refractivity contribution is -0.117. The van der Waals surface area contributed by atoms with E-state index in [4.69, 9.17) is 9.47 Å². The largest absolute Gasteiger partial charge is 0.492 e. The fraction of sp³-hybridized carbons (Fsp3) is 0.571. The van der Waals surface area contributed by atoms with Crippen molar-refractivity contribution in [1.29, 1.82) is 0 Å². The fourth-order valence-corrected chi connectivity index (χ4v) is 7.30. The molecule has 0 N–H and O–H groups in total. The highest BCUT2D eigenvalue weighted by Crippen LogP contribution is 2.30. The summed E-state index contributed by atoms with van der Waals surface area (Å²) in [6, 6.07) is 10.7. The number of unbranched alkanes of at least 4 members (excludes halogenated alkanes) is 18. The number of rotatable bonds is 28. The minimum absolute atomic E-state index is 0.210. The number of ether oxygens (including phenoxy) is 2. The van der Waals surface area contributed by atoms with Crippen LogP contribution in [0.1, 0.15) is 192 Å². The van der Waals surface area contributed by atoms with Crippen molar-refractivity contribution in [2.45, 2.75) is 170 Å². The number of carbonyl (C=O) groups excluding carboxylic acids is 4. The van der Waals surface area contributed by atoms with Gasteiger partial charge in [-0.2, -0.15) is 0 Å². The third-order valence-electron chi connectivity index (χ3n) is 12.1. The molecular weight excluding hydrogens is 853 g/mol. The summed E-state index contributed by atoms with van der Waals surface area (Å²) >= 11 is 0. The summed E-state index contributed by atoms with van der Waals surface area (Å²) in [5, 5.41) is 0. The van der Waals surface area contributed by atoms with Crippen LogP contribution in [0.4, 0.5) is 23.3 Å². The molecule has 370 valence electrons. The van der Waals surface area contributed by atoms with Crippen LogP contribution in [-0.2, 0) is 19.2 Å². The number of hydrogen-bond acceptors (Lipinski definition) is 8. The summed E-state index contributed by atoms with van der Waals surface area (Å²) in [4.78, 5) is 64.5. The van der Waals surface area contributed by atoms with Crippen molar-refractivity contribution in [3.63, 3.8) is 0 Å². The van der Waals surface area contributed by atoms with E-state index in [1.807, 2.05) is 12.1 Å². The Bertz CT molecular complexity index is 1990. The van der Waals surface area contributed by atoms with Gasteiger partial charge in [0.05, 0.1) is 24.3 Å². The molecule has 0 aliphatic rings. The Hall–Kier alpha value is -5.88. The van der Waals surface area contributed by atoms with Crippen LogP contribution in [0.15, 0.2) is 36.4 Å². The van der Waals surface area contributed by atoms with Crippen LogP contribution >= 0.6 is 0 Å². The standard InChI is InChI=1S/C56H80N6O6/c1-11-13-15-17-19-21-23-25-27-29-35-67-51-41-50(34-32-48-39-55(61(9)45(5)65)58-56(40-48)62(10)46(6)66)52(68-36-30-28-26-24-22-20-18-16-14-12-2)42-49(51)33-31-47-37-53(59(7)43(3)63)57-54(38-47)60(8)44(4)64/h37-42H,11-30,35-36H2,1-10H3. The van der Waals surface area contributed by atoms with Crippen LogP contribution < -0.4 is 29.1 Å². The lowest BCUT2D eigenvalue weighted by Gasteiger charge is -2.19. The van der Waals surface area contributed by atoms with Crippen molar-refractivity contribution in [2.24, 2.45) is 0 Å². The summed E-state index contributed by atoms with van der Waals surface area (Å²) in [5.41, 5.74) is 2.30. The molecule has 0 saturated carbocycles. The molecule has 3 aromatic rings. The summed E-state index contributed by atoms with van der Waals surface area (Å²) in [5.74, 6) is 14.9. The topological polar surface area (TPSA) is 125 Å². The van der Waals surface area contributed by atoms with Gasteiger partial charge in [0.25, 0.3) is 0 Å². The van der Waals surface area contributed by atoms with E-state index in [2.05, 4.69) is 47.5 Å². The number of aromatic nitrogens is 2. The molecule has 3 rings (SSSR count). The molecule has 0 bridgehead atoms. The first kappa shape index (κ1) is 56.4. The van der Waals surface area contributed by atoms with Crippen LogP contribution in [0, 0.1) is 23.7 Å². The van der Waals surface area contributed by atoms with E-state index in [9.17, 15) is 19.2 Å². The highest BCUT2D eigenvalue weighted by Gasteiger charge is 2.17. The normalized spacial score (nSPS) is 10.6. The highest BCUT2D eigenvalue weighted by molar-refractivity contribution is 5.93. The van der Waals surface area contributed by atoms with Gasteiger partial charge in [-0.1, -0.05) is 153 Å². The molecule has 0 spiro atoms. The Morgan fingerprint density at radius 1 is 0.397 bits per heavy atom. The minimum Gasteiger partial charge on any atom is -0.492 e. The monoisotopic (exact) mass is 933 g/mol. The number of benzene rings is 1. The maximum Gasteiger partial charge on any atom is 0.224 e. The number of carbonyl (C=O) groups is 4. The predicted molar refractivity (Wildman–Crippen MR) is 278 cm³/mol. The second-order valence-corrected chi connectivity index (χ2v) is 17.9. The molecule has 68 heavy (non-hydrogen) atoms. The predicted octanol–water partition coefficient (Wildman–Crippen LogP) is 11.8. The van der Waals surface area contributed by atoms with Crippen molar-refractivity contribution in [3.05, 3.63) is 58.7 Å². The van der Waals surface area contributed by atoms with Gasteiger partial charge in [-0.15, -0.1) is 0 Å². The molecule has 0 saturated heterocycles. The van der Waals surface area contributed by atoms with Gasteiger partial charge in [-0.05, 0) is 37.1 Å². The lowest BCUT2D eigenvalue weighted by Crippen LogP contribution is -2.27. The van der Waals surface area contributed by atoms with Crippen LogP contribution in [0.25, 0.3) is 0 Å². The zero-order chi connectivity index (χ0) is 49.8. The van der Waals surface area contributed by atoms with Gasteiger partial charge in [0.15, 0.2) is 0 Å². The number of nitrogens with zero attached hydrogens (tertiary/aromatic N) is 6. The van der Waals surface area contributed by atoms with Crippen molar-refractivity contribution in [1.82, 2.24) is 9.97 Å².